The van der Waals surface area contributed by atoms with Crippen LogP contribution < -0.4 is 5.19 Å². The molecule has 0 saturated carbocycles. The van der Waals surface area contributed by atoms with E-state index in [4.69, 9.17) is 4.42 Å². The Hall–Kier alpha value is -4.22. The third-order valence-corrected chi connectivity index (χ3v) is 10.2. The predicted octanol–water partition coefficient (Wildman–Crippen LogP) is 10.0. The SMILES string of the molecule is CC(C)Cc1cc(-c2[c-]cccc2)ncc1[Si](C)(C)C.Cc1ccc2c(n1)oc1c(-c3cc(Cc4ccccc4)ccn3)[c-]ccc12.[Ir]. The number of nitrogens with zero attached hydrogens (tertiary/aromatic N) is 3. The van der Waals surface area contributed by atoms with Crippen LogP contribution in [0.4, 0.5) is 0 Å². The van der Waals surface area contributed by atoms with E-state index in [2.05, 4.69) is 121 Å². The van der Waals surface area contributed by atoms with Crippen molar-refractivity contribution in [3.05, 3.63) is 144 Å². The number of aromatic nitrogens is 3. The van der Waals surface area contributed by atoms with Crippen molar-refractivity contribution < 1.29 is 24.5 Å². The summed E-state index contributed by atoms with van der Waals surface area (Å²) in [7, 11) is -1.34. The van der Waals surface area contributed by atoms with Gasteiger partial charge in [0.1, 0.15) is 0 Å². The molecule has 0 bridgehead atoms. The van der Waals surface area contributed by atoms with Crippen LogP contribution in [-0.2, 0) is 32.9 Å². The number of pyridine rings is 3. The average Bonchev–Trinajstić information content (AvgIpc) is 3.43. The van der Waals surface area contributed by atoms with Crippen LogP contribution in [0.2, 0.25) is 19.6 Å². The van der Waals surface area contributed by atoms with Gasteiger partial charge < -0.3 is 14.4 Å². The molecule has 48 heavy (non-hydrogen) atoms. The van der Waals surface area contributed by atoms with Gasteiger partial charge in [-0.2, -0.15) is 0 Å². The van der Waals surface area contributed by atoms with Crippen LogP contribution in [0.5, 0.6) is 0 Å². The number of benzene rings is 3. The summed E-state index contributed by atoms with van der Waals surface area (Å²) in [5.41, 5.74) is 10.2. The van der Waals surface area contributed by atoms with Crippen LogP contribution in [0.15, 0.2) is 114 Å². The van der Waals surface area contributed by atoms with E-state index >= 15 is 0 Å². The molecule has 0 saturated heterocycles. The van der Waals surface area contributed by atoms with E-state index in [1.807, 2.05) is 55.6 Å². The molecular weight excluding hydrogens is 783 g/mol. The molecule has 0 N–H and O–H groups in total. The van der Waals surface area contributed by atoms with Crippen LogP contribution in [0.25, 0.3) is 44.6 Å². The third-order valence-electron chi connectivity index (χ3n) is 8.18. The van der Waals surface area contributed by atoms with Crippen molar-refractivity contribution in [1.82, 2.24) is 15.0 Å². The Morgan fingerprint density at radius 3 is 2.29 bits per heavy atom. The maximum absolute atomic E-state index is 6.09. The van der Waals surface area contributed by atoms with E-state index in [0.29, 0.717) is 11.6 Å². The van der Waals surface area contributed by atoms with Crippen LogP contribution in [0.1, 0.15) is 36.2 Å². The standard InChI is InChI=1S/C24H17N2O.C18H24NSi.Ir/c1-16-10-11-20-19-8-5-9-21(23(19)27-24(20)26-16)22-15-18(12-13-25-22)14-17-6-3-2-4-7-17;1-14(2)11-16-12-17(15-9-7-6-8-10-15)19-13-18(16)20(3,4)5;/h2-8,10-13,15H,14H2,1H3;6-9,12-14H,11H2,1-5H3;/q2*-1;. The quantitative estimate of drug-likeness (QED) is 0.119. The van der Waals surface area contributed by atoms with Gasteiger partial charge in [0.15, 0.2) is 0 Å². The Morgan fingerprint density at radius 2 is 1.56 bits per heavy atom. The molecule has 7 rings (SSSR count). The summed E-state index contributed by atoms with van der Waals surface area (Å²) < 4.78 is 6.09. The predicted molar refractivity (Wildman–Crippen MR) is 198 cm³/mol. The van der Waals surface area contributed by atoms with E-state index in [9.17, 15) is 0 Å². The summed E-state index contributed by atoms with van der Waals surface area (Å²) >= 11 is 0. The van der Waals surface area contributed by atoms with E-state index in [1.54, 1.807) is 0 Å². The second kappa shape index (κ2) is 15.3. The molecule has 1 radical (unpaired) electrons. The normalized spacial score (nSPS) is 11.3. The van der Waals surface area contributed by atoms with Crippen molar-refractivity contribution in [2.75, 3.05) is 0 Å². The maximum atomic E-state index is 6.09. The van der Waals surface area contributed by atoms with Crippen LogP contribution >= 0.6 is 0 Å². The zero-order valence-electron chi connectivity index (χ0n) is 28.5. The second-order valence-corrected chi connectivity index (χ2v) is 18.6. The van der Waals surface area contributed by atoms with Gasteiger partial charge in [0, 0.05) is 43.6 Å². The van der Waals surface area contributed by atoms with E-state index in [1.165, 1.54) is 21.9 Å². The fraction of sp³-hybridized carbons (Fsp3) is 0.214. The minimum atomic E-state index is -1.34. The van der Waals surface area contributed by atoms with Crippen molar-refractivity contribution in [3.63, 3.8) is 0 Å². The van der Waals surface area contributed by atoms with Gasteiger partial charge >= 0.3 is 0 Å². The van der Waals surface area contributed by atoms with Gasteiger partial charge in [-0.25, -0.2) is 4.98 Å². The molecule has 0 aliphatic rings. The molecule has 0 amide bonds. The van der Waals surface area contributed by atoms with Crippen molar-refractivity contribution in [1.29, 1.82) is 0 Å². The van der Waals surface area contributed by atoms with Gasteiger partial charge in [-0.15, -0.1) is 54.1 Å². The first-order valence-electron chi connectivity index (χ1n) is 16.3. The molecule has 0 spiro atoms. The molecule has 0 aliphatic heterocycles. The van der Waals surface area contributed by atoms with Gasteiger partial charge in [-0.1, -0.05) is 92.5 Å². The fourth-order valence-electron chi connectivity index (χ4n) is 5.94. The first-order valence-corrected chi connectivity index (χ1v) is 19.8. The Kier molecular flexibility index (Phi) is 11.2. The molecule has 3 aromatic carbocycles. The minimum Gasteiger partial charge on any atom is -0.486 e. The zero-order chi connectivity index (χ0) is 33.0. The summed E-state index contributed by atoms with van der Waals surface area (Å²) in [6.45, 7) is 13.7. The number of furan rings is 1. The number of rotatable bonds is 7. The molecular formula is C42H41IrN3OSi-2. The Balaban J connectivity index is 0.000000193. The summed E-state index contributed by atoms with van der Waals surface area (Å²) in [4.78, 5) is 13.8. The Labute approximate surface area is 299 Å². The minimum absolute atomic E-state index is 0. The van der Waals surface area contributed by atoms with E-state index in [0.717, 1.165) is 57.4 Å². The first-order chi connectivity index (χ1) is 22.7. The molecule has 6 heteroatoms. The summed E-state index contributed by atoms with van der Waals surface area (Å²) in [5, 5.41) is 3.55. The van der Waals surface area contributed by atoms with Crippen LogP contribution in [0.3, 0.4) is 0 Å². The van der Waals surface area contributed by atoms with Crippen molar-refractivity contribution >= 4 is 35.3 Å². The van der Waals surface area contributed by atoms with Crippen LogP contribution in [-0.4, -0.2) is 23.0 Å². The first kappa shape index (κ1) is 35.1. The average molecular weight is 824 g/mol. The molecule has 0 unspecified atom stereocenters. The molecule has 4 heterocycles. The molecule has 0 fully saturated rings. The van der Waals surface area contributed by atoms with Gasteiger partial charge in [-0.3, -0.25) is 0 Å². The van der Waals surface area contributed by atoms with Gasteiger partial charge in [0.2, 0.25) is 5.71 Å². The maximum Gasteiger partial charge on any atom is 0.216 e. The van der Waals surface area contributed by atoms with Gasteiger partial charge in [0.25, 0.3) is 0 Å². The zero-order valence-corrected chi connectivity index (χ0v) is 31.9. The fourth-order valence-corrected chi connectivity index (χ4v) is 7.53. The molecule has 4 nitrogen and oxygen atoms in total. The number of hydrogen-bond acceptors (Lipinski definition) is 4. The monoisotopic (exact) mass is 824 g/mol. The molecule has 7 aromatic rings. The largest absolute Gasteiger partial charge is 0.486 e. The van der Waals surface area contributed by atoms with E-state index < -0.39 is 8.07 Å². The number of hydrogen-bond donors (Lipinski definition) is 0. The molecule has 0 atom stereocenters. The smallest absolute Gasteiger partial charge is 0.216 e. The van der Waals surface area contributed by atoms with Crippen molar-refractivity contribution in [2.24, 2.45) is 5.92 Å². The number of fused-ring (bicyclic) bond motifs is 3. The number of aryl methyl sites for hydroxylation is 1. The summed E-state index contributed by atoms with van der Waals surface area (Å²) in [5.74, 6) is 0.667. The topological polar surface area (TPSA) is 51.8 Å². The molecule has 245 valence electrons. The van der Waals surface area contributed by atoms with Gasteiger partial charge in [-0.05, 0) is 71.6 Å². The summed E-state index contributed by atoms with van der Waals surface area (Å²) in [6, 6.07) is 39.6. The van der Waals surface area contributed by atoms with Crippen LogP contribution in [0, 0.1) is 25.0 Å². The van der Waals surface area contributed by atoms with E-state index in [-0.39, 0.29) is 20.1 Å². The summed E-state index contributed by atoms with van der Waals surface area (Å²) in [6.07, 6.45) is 5.96. The molecule has 0 aliphatic carbocycles. The molecule has 4 aromatic heterocycles. The van der Waals surface area contributed by atoms with Crippen molar-refractivity contribution in [2.45, 2.75) is 53.3 Å². The third kappa shape index (κ3) is 8.25. The Bertz CT molecular complexity index is 2120. The van der Waals surface area contributed by atoms with Gasteiger partial charge in [0.05, 0.1) is 13.7 Å². The van der Waals surface area contributed by atoms with Crippen molar-refractivity contribution in [3.8, 4) is 22.5 Å². The Morgan fingerprint density at radius 1 is 0.771 bits per heavy atom. The second-order valence-electron chi connectivity index (χ2n) is 13.6.